The first-order chi connectivity index (χ1) is 10.5. The molecule has 6 heteroatoms. The lowest BCUT2D eigenvalue weighted by Crippen LogP contribution is -2.13. The Morgan fingerprint density at radius 2 is 1.95 bits per heavy atom. The van der Waals surface area contributed by atoms with Crippen molar-refractivity contribution in [1.82, 2.24) is 0 Å². The Kier molecular flexibility index (Phi) is 5.47. The maximum atomic E-state index is 13.7. The number of nitrogens with zero attached hydrogens (tertiary/aromatic N) is 1. The second kappa shape index (κ2) is 7.34. The molecule has 0 aliphatic heterocycles. The lowest BCUT2D eigenvalue weighted by molar-refractivity contribution is -0.112. The van der Waals surface area contributed by atoms with Gasteiger partial charge in [-0.15, -0.1) is 0 Å². The summed E-state index contributed by atoms with van der Waals surface area (Å²) in [6, 6.07) is 13.1. The van der Waals surface area contributed by atoms with Gasteiger partial charge in [-0.05, 0) is 52.3 Å². The van der Waals surface area contributed by atoms with Crippen LogP contribution in [0.2, 0.25) is 0 Å². The van der Waals surface area contributed by atoms with Gasteiger partial charge in [0, 0.05) is 14.5 Å². The van der Waals surface area contributed by atoms with Crippen LogP contribution in [0.1, 0.15) is 5.56 Å². The van der Waals surface area contributed by atoms with E-state index >= 15 is 0 Å². The van der Waals surface area contributed by atoms with Crippen molar-refractivity contribution in [3.8, 4) is 6.07 Å². The van der Waals surface area contributed by atoms with E-state index in [4.69, 9.17) is 5.26 Å². The summed E-state index contributed by atoms with van der Waals surface area (Å²) < 4.78 is 15.1. The molecule has 0 radical (unpaired) electrons. The number of para-hydroxylation sites is 1. The summed E-state index contributed by atoms with van der Waals surface area (Å²) in [5.74, 6) is -1.11. The van der Waals surface area contributed by atoms with Gasteiger partial charge in [-0.2, -0.15) is 5.26 Å². The Morgan fingerprint density at radius 3 is 2.64 bits per heavy atom. The maximum Gasteiger partial charge on any atom is 0.266 e. The molecule has 0 bridgehead atoms. The molecule has 3 nitrogen and oxygen atoms in total. The molecule has 2 aromatic carbocycles. The van der Waals surface area contributed by atoms with Crippen molar-refractivity contribution in [3.05, 3.63) is 68.4 Å². The molecule has 0 spiro atoms. The van der Waals surface area contributed by atoms with Crippen molar-refractivity contribution in [3.63, 3.8) is 0 Å². The maximum absolute atomic E-state index is 13.7. The number of carbonyl (C=O) groups is 1. The second-order valence-corrected chi connectivity index (χ2v) is 6.04. The fraction of sp³-hybridized carbons (Fsp3) is 0. The minimum atomic E-state index is -0.603. The fourth-order valence-electron chi connectivity index (χ4n) is 1.68. The Hall–Kier alpha value is -1.97. The molecular formula is C16H9Br2FN2O. The van der Waals surface area contributed by atoms with Crippen LogP contribution in [-0.2, 0) is 4.79 Å². The van der Waals surface area contributed by atoms with E-state index in [2.05, 4.69) is 37.2 Å². The van der Waals surface area contributed by atoms with Gasteiger partial charge in [-0.25, -0.2) is 4.39 Å². The number of benzene rings is 2. The van der Waals surface area contributed by atoms with Gasteiger partial charge in [-0.3, -0.25) is 4.79 Å². The number of carbonyl (C=O) groups excluding carboxylic acids is 1. The highest BCUT2D eigenvalue weighted by molar-refractivity contribution is 9.10. The standard InChI is InChI=1S/C16H9Br2FN2O/c17-12-5-6-14(19)10(8-12)7-11(9-20)16(22)21-15-4-2-1-3-13(15)18/h1-8H,(H,21,22). The van der Waals surface area contributed by atoms with Crippen LogP contribution in [0.25, 0.3) is 6.08 Å². The number of hydrogen-bond donors (Lipinski definition) is 1. The third-order valence-electron chi connectivity index (χ3n) is 2.75. The highest BCUT2D eigenvalue weighted by Gasteiger charge is 2.12. The normalized spacial score (nSPS) is 10.9. The van der Waals surface area contributed by atoms with Crippen LogP contribution in [0, 0.1) is 17.1 Å². The summed E-state index contributed by atoms with van der Waals surface area (Å²) in [5.41, 5.74) is 0.504. The van der Waals surface area contributed by atoms with E-state index in [-0.39, 0.29) is 11.1 Å². The second-order valence-electron chi connectivity index (χ2n) is 4.27. The van der Waals surface area contributed by atoms with Crippen molar-refractivity contribution in [2.75, 3.05) is 5.32 Å². The van der Waals surface area contributed by atoms with E-state index in [1.54, 1.807) is 36.4 Å². The molecule has 0 aliphatic carbocycles. The molecule has 22 heavy (non-hydrogen) atoms. The molecule has 0 fully saturated rings. The summed E-state index contributed by atoms with van der Waals surface area (Å²) in [4.78, 5) is 12.1. The first-order valence-corrected chi connectivity index (χ1v) is 7.72. The molecule has 1 N–H and O–H groups in total. The molecule has 2 rings (SSSR count). The van der Waals surface area contributed by atoms with Gasteiger partial charge < -0.3 is 5.32 Å². The van der Waals surface area contributed by atoms with Gasteiger partial charge in [0.1, 0.15) is 17.5 Å². The number of anilines is 1. The fourth-order valence-corrected chi connectivity index (χ4v) is 2.44. The van der Waals surface area contributed by atoms with E-state index < -0.39 is 11.7 Å². The van der Waals surface area contributed by atoms with Crippen molar-refractivity contribution >= 4 is 49.5 Å². The van der Waals surface area contributed by atoms with Crippen LogP contribution < -0.4 is 5.32 Å². The zero-order valence-corrected chi connectivity index (χ0v) is 14.3. The number of hydrogen-bond acceptors (Lipinski definition) is 2. The highest BCUT2D eigenvalue weighted by Crippen LogP contribution is 2.23. The number of halogens is 3. The average Bonchev–Trinajstić information content (AvgIpc) is 2.50. The third kappa shape index (κ3) is 4.03. The van der Waals surface area contributed by atoms with Crippen LogP contribution >= 0.6 is 31.9 Å². The van der Waals surface area contributed by atoms with Gasteiger partial charge in [0.2, 0.25) is 0 Å². The van der Waals surface area contributed by atoms with Crippen LogP contribution in [-0.4, -0.2) is 5.91 Å². The predicted molar refractivity (Wildman–Crippen MR) is 90.5 cm³/mol. The van der Waals surface area contributed by atoms with Gasteiger partial charge >= 0.3 is 0 Å². The van der Waals surface area contributed by atoms with Gasteiger partial charge in [0.15, 0.2) is 0 Å². The Bertz CT molecular complexity index is 797. The third-order valence-corrected chi connectivity index (χ3v) is 3.93. The Balaban J connectivity index is 2.30. The van der Waals surface area contributed by atoms with Crippen molar-refractivity contribution in [2.24, 2.45) is 0 Å². The van der Waals surface area contributed by atoms with Crippen LogP contribution in [0.3, 0.4) is 0 Å². The summed E-state index contributed by atoms with van der Waals surface area (Å²) in [7, 11) is 0. The molecule has 0 saturated heterocycles. The lowest BCUT2D eigenvalue weighted by Gasteiger charge is -2.06. The monoisotopic (exact) mass is 422 g/mol. The van der Waals surface area contributed by atoms with Crippen molar-refractivity contribution in [2.45, 2.75) is 0 Å². The molecule has 0 aromatic heterocycles. The van der Waals surface area contributed by atoms with Crippen molar-refractivity contribution < 1.29 is 9.18 Å². The molecular weight excluding hydrogens is 415 g/mol. The summed E-state index contributed by atoms with van der Waals surface area (Å²) in [6.45, 7) is 0. The van der Waals surface area contributed by atoms with Gasteiger partial charge in [0.05, 0.1) is 5.69 Å². The number of nitrogens with one attached hydrogen (secondary N) is 1. The highest BCUT2D eigenvalue weighted by atomic mass is 79.9. The van der Waals surface area contributed by atoms with E-state index in [1.807, 2.05) is 0 Å². The van der Waals surface area contributed by atoms with Crippen LogP contribution in [0.15, 0.2) is 57.0 Å². The SMILES string of the molecule is N#CC(=Cc1cc(Br)ccc1F)C(=O)Nc1ccccc1Br. The largest absolute Gasteiger partial charge is 0.320 e. The van der Waals surface area contributed by atoms with Gasteiger partial charge in [0.25, 0.3) is 5.91 Å². The molecule has 0 aliphatic rings. The van der Waals surface area contributed by atoms with E-state index in [0.717, 1.165) is 0 Å². The first kappa shape index (κ1) is 16.4. The topological polar surface area (TPSA) is 52.9 Å². The number of amides is 1. The zero-order valence-electron chi connectivity index (χ0n) is 11.1. The Labute approximate surface area is 143 Å². The lowest BCUT2D eigenvalue weighted by atomic mass is 10.1. The molecule has 0 heterocycles. The smallest absolute Gasteiger partial charge is 0.266 e. The first-order valence-electron chi connectivity index (χ1n) is 6.14. The zero-order chi connectivity index (χ0) is 16.1. The quantitative estimate of drug-likeness (QED) is 0.564. The van der Waals surface area contributed by atoms with Crippen molar-refractivity contribution in [1.29, 1.82) is 5.26 Å². The number of nitriles is 1. The predicted octanol–water partition coefficient (Wildman–Crippen LogP) is 4.90. The summed E-state index contributed by atoms with van der Waals surface area (Å²) in [6.07, 6.45) is 1.21. The summed E-state index contributed by atoms with van der Waals surface area (Å²) >= 11 is 6.52. The molecule has 0 atom stereocenters. The van der Waals surface area contributed by atoms with Gasteiger partial charge in [-0.1, -0.05) is 28.1 Å². The molecule has 0 unspecified atom stereocenters. The average molecular weight is 424 g/mol. The Morgan fingerprint density at radius 1 is 1.23 bits per heavy atom. The van der Waals surface area contributed by atoms with E-state index in [0.29, 0.717) is 14.6 Å². The molecule has 2 aromatic rings. The molecule has 110 valence electrons. The van der Waals surface area contributed by atoms with E-state index in [9.17, 15) is 9.18 Å². The minimum absolute atomic E-state index is 0.160. The minimum Gasteiger partial charge on any atom is -0.320 e. The van der Waals surface area contributed by atoms with Crippen LogP contribution in [0.5, 0.6) is 0 Å². The number of rotatable bonds is 3. The van der Waals surface area contributed by atoms with Crippen LogP contribution in [0.4, 0.5) is 10.1 Å². The summed E-state index contributed by atoms with van der Waals surface area (Å²) in [5, 5.41) is 11.7. The molecule has 0 saturated carbocycles. The van der Waals surface area contributed by atoms with E-state index in [1.165, 1.54) is 18.2 Å². The molecule has 1 amide bonds.